The molecule has 13 nitrogen and oxygen atoms in total. The minimum absolute atomic E-state index is 0.0208. The Kier molecular flexibility index (Phi) is 11.6. The minimum Gasteiger partial charge on any atom is -0.462 e. The molecule has 0 radical (unpaired) electrons. The standard InChI is InChI=1S/C41H39NO12/c1-8-50-41(47)35-17-31-13-27-9-21(2)11-29(37(27)51-23(4)43)15-33-19-36(42(48)49)20-34(40(33)54-26(7)46)16-30-12-22(3)10-28(38(30)52-24(5)44)14-32(18-35)39(31)53-25(6)45/h9-12,17-20H,8,13-16H2,1-7H3. The normalized spacial score (nSPS) is 11.9. The van der Waals surface area contributed by atoms with Crippen LogP contribution < -0.4 is 18.9 Å². The first kappa shape index (κ1) is 38.9. The number of aryl methyl sites for hydroxylation is 2. The van der Waals surface area contributed by atoms with Crippen molar-refractivity contribution in [2.24, 2.45) is 0 Å². The summed E-state index contributed by atoms with van der Waals surface area (Å²) in [5, 5.41) is 12.3. The van der Waals surface area contributed by atoms with E-state index >= 15 is 0 Å². The number of esters is 5. The fourth-order valence-corrected chi connectivity index (χ4v) is 6.76. The van der Waals surface area contributed by atoms with Crippen LogP contribution in [0.25, 0.3) is 0 Å². The van der Waals surface area contributed by atoms with Crippen molar-refractivity contribution in [3.05, 3.63) is 120 Å². The summed E-state index contributed by atoms with van der Waals surface area (Å²) >= 11 is 0. The van der Waals surface area contributed by atoms with Crippen LogP contribution in [0.1, 0.15) is 101 Å². The van der Waals surface area contributed by atoms with Gasteiger partial charge in [0.1, 0.15) is 23.0 Å². The third-order valence-corrected chi connectivity index (χ3v) is 8.47. The number of non-ortho nitro benzene ring substituents is 1. The lowest BCUT2D eigenvalue weighted by Gasteiger charge is -2.22. The number of hydrogen-bond donors (Lipinski definition) is 0. The largest absolute Gasteiger partial charge is 0.462 e. The summed E-state index contributed by atoms with van der Waals surface area (Å²) in [7, 11) is 0. The molecule has 1 aliphatic carbocycles. The van der Waals surface area contributed by atoms with E-state index in [1.165, 1.54) is 39.8 Å². The van der Waals surface area contributed by atoms with Gasteiger partial charge in [-0.25, -0.2) is 4.79 Å². The highest BCUT2D eigenvalue weighted by Gasteiger charge is 2.27. The maximum atomic E-state index is 13.3. The van der Waals surface area contributed by atoms with Gasteiger partial charge < -0.3 is 23.7 Å². The van der Waals surface area contributed by atoms with Crippen LogP contribution in [0.15, 0.2) is 48.5 Å². The van der Waals surface area contributed by atoms with Crippen molar-refractivity contribution in [1.29, 1.82) is 0 Å². The molecule has 0 fully saturated rings. The van der Waals surface area contributed by atoms with Crippen LogP contribution in [0.5, 0.6) is 23.0 Å². The molecule has 8 bridgehead atoms. The van der Waals surface area contributed by atoms with Crippen molar-refractivity contribution >= 4 is 35.5 Å². The van der Waals surface area contributed by atoms with Gasteiger partial charge in [-0.3, -0.25) is 29.3 Å². The maximum Gasteiger partial charge on any atom is 0.338 e. The van der Waals surface area contributed by atoms with Crippen LogP contribution in [0.2, 0.25) is 0 Å². The fraction of sp³-hybridized carbons (Fsp3) is 0.293. The lowest BCUT2D eigenvalue weighted by molar-refractivity contribution is -0.385. The third-order valence-electron chi connectivity index (χ3n) is 8.47. The molecule has 0 aliphatic heterocycles. The molecular formula is C41H39NO12. The van der Waals surface area contributed by atoms with Gasteiger partial charge in [0.25, 0.3) is 5.69 Å². The molecule has 0 unspecified atom stereocenters. The van der Waals surface area contributed by atoms with Gasteiger partial charge in [-0.15, -0.1) is 0 Å². The molecule has 4 aromatic carbocycles. The average molecular weight is 738 g/mol. The van der Waals surface area contributed by atoms with Gasteiger partial charge in [0.15, 0.2) is 0 Å². The Morgan fingerprint density at radius 3 is 1.07 bits per heavy atom. The van der Waals surface area contributed by atoms with Crippen molar-refractivity contribution in [3.8, 4) is 23.0 Å². The number of rotatable bonds is 7. The van der Waals surface area contributed by atoms with E-state index < -0.39 is 34.8 Å². The number of fused-ring (bicyclic) bond motifs is 8. The number of nitrogens with zero attached hydrogens (tertiary/aromatic N) is 1. The third kappa shape index (κ3) is 8.98. The van der Waals surface area contributed by atoms with E-state index in [4.69, 9.17) is 23.7 Å². The zero-order valence-corrected chi connectivity index (χ0v) is 31.0. The molecule has 13 heteroatoms. The number of carbonyl (C=O) groups excluding carboxylic acids is 5. The Morgan fingerprint density at radius 1 is 0.537 bits per heavy atom. The van der Waals surface area contributed by atoms with Gasteiger partial charge in [-0.05, 0) is 55.2 Å². The zero-order valence-electron chi connectivity index (χ0n) is 31.0. The van der Waals surface area contributed by atoms with E-state index in [0.29, 0.717) is 33.4 Å². The van der Waals surface area contributed by atoms with Crippen molar-refractivity contribution < 1.29 is 52.6 Å². The first-order valence-electron chi connectivity index (χ1n) is 17.1. The molecule has 4 aromatic rings. The summed E-state index contributed by atoms with van der Waals surface area (Å²) in [5.41, 5.74) is 4.38. The number of nitro groups is 1. The van der Waals surface area contributed by atoms with Gasteiger partial charge in [0, 0.05) is 87.8 Å². The van der Waals surface area contributed by atoms with Crippen LogP contribution >= 0.6 is 0 Å². The van der Waals surface area contributed by atoms with E-state index in [2.05, 4.69) is 0 Å². The Hall–Kier alpha value is -6.37. The quantitative estimate of drug-likeness (QED) is 0.0743. The molecule has 0 heterocycles. The summed E-state index contributed by atoms with van der Waals surface area (Å²) in [4.78, 5) is 75.5. The number of benzene rings is 4. The van der Waals surface area contributed by atoms with Crippen molar-refractivity contribution in [1.82, 2.24) is 0 Å². The van der Waals surface area contributed by atoms with Crippen LogP contribution in [0, 0.1) is 24.0 Å². The Balaban J connectivity index is 1.96. The van der Waals surface area contributed by atoms with Gasteiger partial charge in [0.05, 0.1) is 17.1 Å². The van der Waals surface area contributed by atoms with E-state index in [-0.39, 0.29) is 77.7 Å². The first-order valence-corrected chi connectivity index (χ1v) is 17.1. The van der Waals surface area contributed by atoms with Crippen molar-refractivity contribution in [2.75, 3.05) is 6.61 Å². The topological polar surface area (TPSA) is 175 Å². The second kappa shape index (κ2) is 16.1. The molecular weight excluding hydrogens is 698 g/mol. The maximum absolute atomic E-state index is 13.3. The van der Waals surface area contributed by atoms with Crippen molar-refractivity contribution in [3.63, 3.8) is 0 Å². The van der Waals surface area contributed by atoms with Gasteiger partial charge in [0.2, 0.25) is 0 Å². The van der Waals surface area contributed by atoms with Crippen LogP contribution in [0.4, 0.5) is 5.69 Å². The molecule has 0 amide bonds. The molecule has 0 spiro atoms. The molecule has 280 valence electrons. The monoisotopic (exact) mass is 737 g/mol. The molecule has 0 atom stereocenters. The molecule has 0 N–H and O–H groups in total. The van der Waals surface area contributed by atoms with Crippen LogP contribution in [-0.2, 0) is 49.6 Å². The average Bonchev–Trinajstić information content (AvgIpc) is 3.05. The number of ether oxygens (including phenoxy) is 5. The van der Waals surface area contributed by atoms with Crippen molar-refractivity contribution in [2.45, 2.75) is 74.1 Å². The molecule has 0 aromatic heterocycles. The molecule has 0 saturated heterocycles. The lowest BCUT2D eigenvalue weighted by Crippen LogP contribution is -2.14. The summed E-state index contributed by atoms with van der Waals surface area (Å²) in [6, 6.07) is 12.7. The highest BCUT2D eigenvalue weighted by Crippen LogP contribution is 2.41. The summed E-state index contributed by atoms with van der Waals surface area (Å²) in [6.07, 6.45) is -0.217. The highest BCUT2D eigenvalue weighted by atomic mass is 16.6. The smallest absolute Gasteiger partial charge is 0.338 e. The summed E-state index contributed by atoms with van der Waals surface area (Å²) in [6.45, 7) is 10.3. The summed E-state index contributed by atoms with van der Waals surface area (Å²) in [5.74, 6) is -2.75. The number of hydrogen-bond acceptors (Lipinski definition) is 12. The lowest BCUT2D eigenvalue weighted by atomic mass is 9.89. The first-order chi connectivity index (χ1) is 25.5. The van der Waals surface area contributed by atoms with E-state index in [1.54, 1.807) is 43.3 Å². The minimum atomic E-state index is -0.676. The van der Waals surface area contributed by atoms with Crippen LogP contribution in [0.3, 0.4) is 0 Å². The van der Waals surface area contributed by atoms with Gasteiger partial charge in [-0.1, -0.05) is 35.4 Å². The molecule has 54 heavy (non-hydrogen) atoms. The molecule has 0 saturated carbocycles. The second-order valence-electron chi connectivity index (χ2n) is 13.1. The predicted molar refractivity (Wildman–Crippen MR) is 194 cm³/mol. The number of carbonyl (C=O) groups is 5. The second-order valence-corrected chi connectivity index (χ2v) is 13.1. The Bertz CT molecular complexity index is 2120. The molecule has 1 aliphatic rings. The van der Waals surface area contributed by atoms with Gasteiger partial charge in [-0.2, -0.15) is 0 Å². The van der Waals surface area contributed by atoms with E-state index in [0.717, 1.165) is 11.1 Å². The Labute approximate surface area is 311 Å². The highest BCUT2D eigenvalue weighted by molar-refractivity contribution is 5.91. The summed E-state index contributed by atoms with van der Waals surface area (Å²) < 4.78 is 28.7. The van der Waals surface area contributed by atoms with E-state index in [9.17, 15) is 34.1 Å². The van der Waals surface area contributed by atoms with E-state index in [1.807, 2.05) is 13.8 Å². The predicted octanol–water partition coefficient (Wildman–Crippen LogP) is 6.77. The van der Waals surface area contributed by atoms with Gasteiger partial charge >= 0.3 is 29.8 Å². The fourth-order valence-electron chi connectivity index (χ4n) is 6.76. The zero-order chi connectivity index (χ0) is 39.4. The number of nitro benzene ring substituents is 1. The molecule has 5 rings (SSSR count). The van der Waals surface area contributed by atoms with Crippen LogP contribution in [-0.4, -0.2) is 41.4 Å². The SMILES string of the molecule is CCOC(=O)c1cc2c(OC(C)=O)c(c1)Cc1cc(C)cc(c1OC(C)=O)Cc1cc([N+](=O)[O-])cc(c1OC(C)=O)Cc1cc(C)cc(c1OC(C)=O)C2. The Morgan fingerprint density at radius 2 is 0.815 bits per heavy atom.